The first kappa shape index (κ1) is 37.7. The van der Waals surface area contributed by atoms with Crippen molar-refractivity contribution in [1.29, 1.82) is 0 Å². The number of thiophene rings is 1. The van der Waals surface area contributed by atoms with E-state index in [1.54, 1.807) is 18.2 Å². The van der Waals surface area contributed by atoms with Gasteiger partial charge in [0.1, 0.15) is 12.1 Å². The van der Waals surface area contributed by atoms with E-state index in [4.69, 9.17) is 15.5 Å². The fraction of sp³-hybridized carbons (Fsp3) is 0.306. The summed E-state index contributed by atoms with van der Waals surface area (Å²) in [7, 11) is -5.83. The van der Waals surface area contributed by atoms with Gasteiger partial charge < -0.3 is 36.0 Å². The highest BCUT2D eigenvalue weighted by Gasteiger charge is 2.50. The van der Waals surface area contributed by atoms with E-state index in [1.807, 2.05) is 30.3 Å². The van der Waals surface area contributed by atoms with Crippen molar-refractivity contribution in [2.75, 3.05) is 18.4 Å². The minimum absolute atomic E-state index is 0.0223. The number of hydrogen-bond donors (Lipinski definition) is 5. The Morgan fingerprint density at radius 2 is 1.72 bits per heavy atom. The van der Waals surface area contributed by atoms with Gasteiger partial charge in [0.05, 0.1) is 11.3 Å². The van der Waals surface area contributed by atoms with Crippen molar-refractivity contribution < 1.29 is 47.1 Å². The van der Waals surface area contributed by atoms with Gasteiger partial charge in [-0.1, -0.05) is 42.5 Å². The molecule has 2 aliphatic rings. The number of primary amides is 1. The highest BCUT2D eigenvalue weighted by molar-refractivity contribution is 7.52. The molecule has 13 nitrogen and oxygen atoms in total. The lowest BCUT2D eigenvalue weighted by Crippen LogP contribution is -2.60. The first-order valence-corrected chi connectivity index (χ1v) is 19.1. The molecule has 3 atom stereocenters. The number of anilines is 1. The predicted octanol–water partition coefficient (Wildman–Crippen LogP) is 4.17. The second kappa shape index (κ2) is 14.8. The molecule has 2 saturated heterocycles. The van der Waals surface area contributed by atoms with Crippen LogP contribution >= 0.6 is 18.9 Å². The zero-order valence-electron chi connectivity index (χ0n) is 28.3. The van der Waals surface area contributed by atoms with Gasteiger partial charge in [0.2, 0.25) is 23.6 Å². The number of nitrogens with zero attached hydrogens (tertiary/aromatic N) is 2. The standard InChI is InChI=1S/C36H36F2N5O8PS/c1-20(44)42-14-13-26-9-11-29(33(46)40-27-10-7-22(15-23(27)18-32(39)45)21-5-3-2-4-6-21)43(26)35(48)28(19-42)41-34(47)31-17-24-16-25(8-12-30(24)53-31)36(37,38)52(49,50)51/h2-8,10,12,15-17,26,28-29H,9,11,13-14,18-19H2,1H3,(H2,39,45)(H,40,46)(H,41,47)(H2,49,50,51)/t26-,28?,29+/m1/s1. The van der Waals surface area contributed by atoms with Crippen LogP contribution in [0, 0.1) is 0 Å². The van der Waals surface area contributed by atoms with Gasteiger partial charge in [-0.25, -0.2) is 0 Å². The van der Waals surface area contributed by atoms with E-state index in [-0.39, 0.29) is 35.7 Å². The molecular formula is C36H36F2N5O8PS. The number of benzene rings is 3. The second-order valence-electron chi connectivity index (χ2n) is 13.1. The molecule has 5 amide bonds. The SMILES string of the molecule is CC(=O)N1CC[C@H]2CC[C@@H](C(=O)Nc3ccc(-c4ccccc4)cc3CC(N)=O)N2C(=O)C(NC(=O)c2cc3cc(C(F)(F)P(=O)(O)O)ccc3s2)C1. The van der Waals surface area contributed by atoms with Crippen molar-refractivity contribution in [2.24, 2.45) is 5.73 Å². The molecule has 17 heteroatoms. The summed E-state index contributed by atoms with van der Waals surface area (Å²) in [5.41, 5.74) is 2.73. The van der Waals surface area contributed by atoms with Gasteiger partial charge in [0.15, 0.2) is 0 Å². The monoisotopic (exact) mass is 767 g/mol. The molecule has 0 radical (unpaired) electrons. The van der Waals surface area contributed by atoms with Gasteiger partial charge in [0, 0.05) is 42.0 Å². The summed E-state index contributed by atoms with van der Waals surface area (Å²) in [6.07, 6.45) is 1.00. The largest absolute Gasteiger partial charge is 0.399 e. The number of rotatable bonds is 9. The summed E-state index contributed by atoms with van der Waals surface area (Å²) < 4.78 is 40.6. The minimum atomic E-state index is -5.83. The number of halogens is 2. The van der Waals surface area contributed by atoms with E-state index in [9.17, 15) is 37.3 Å². The Kier molecular flexibility index (Phi) is 10.5. The summed E-state index contributed by atoms with van der Waals surface area (Å²) >= 11 is 0.916. The number of fused-ring (bicyclic) bond motifs is 2. The van der Waals surface area contributed by atoms with Crippen LogP contribution in [0.1, 0.15) is 47.0 Å². The number of carbonyl (C=O) groups excluding carboxylic acids is 5. The molecule has 2 fully saturated rings. The fourth-order valence-corrected chi connectivity index (χ4v) is 8.26. The maximum absolute atomic E-state index is 14.4. The molecular weight excluding hydrogens is 731 g/mol. The van der Waals surface area contributed by atoms with Crippen molar-refractivity contribution in [1.82, 2.24) is 15.1 Å². The van der Waals surface area contributed by atoms with E-state index < -0.39 is 60.6 Å². The molecule has 0 spiro atoms. The lowest BCUT2D eigenvalue weighted by Gasteiger charge is -2.38. The smallest absolute Gasteiger partial charge is 0.369 e. The molecule has 0 aliphatic carbocycles. The molecule has 2 aliphatic heterocycles. The number of nitrogens with two attached hydrogens (primary N) is 1. The molecule has 0 bridgehead atoms. The van der Waals surface area contributed by atoms with Crippen LogP contribution in [-0.4, -0.2) is 80.3 Å². The van der Waals surface area contributed by atoms with Crippen LogP contribution in [0.5, 0.6) is 0 Å². The number of hydrogen-bond acceptors (Lipinski definition) is 7. The first-order valence-electron chi connectivity index (χ1n) is 16.7. The van der Waals surface area contributed by atoms with Crippen LogP contribution in [-0.2, 0) is 35.8 Å². The summed E-state index contributed by atoms with van der Waals surface area (Å²) in [4.78, 5) is 87.5. The molecule has 3 heterocycles. The third-order valence-corrected chi connectivity index (χ3v) is 11.6. The molecule has 1 aromatic heterocycles. The zero-order chi connectivity index (χ0) is 38.2. The normalized spacial score (nSPS) is 19.3. The van der Waals surface area contributed by atoms with E-state index in [0.29, 0.717) is 35.2 Å². The molecule has 6 rings (SSSR count). The molecule has 3 aromatic carbocycles. The fourth-order valence-electron chi connectivity index (χ4n) is 6.84. The average Bonchev–Trinajstić information content (AvgIpc) is 3.73. The van der Waals surface area contributed by atoms with E-state index in [1.165, 1.54) is 28.9 Å². The molecule has 4 aromatic rings. The molecule has 6 N–H and O–H groups in total. The summed E-state index contributed by atoms with van der Waals surface area (Å²) in [5, 5.41) is 5.68. The third kappa shape index (κ3) is 7.86. The van der Waals surface area contributed by atoms with Crippen molar-refractivity contribution in [2.45, 2.75) is 56.4 Å². The van der Waals surface area contributed by atoms with E-state index >= 15 is 0 Å². The molecule has 53 heavy (non-hydrogen) atoms. The van der Waals surface area contributed by atoms with Gasteiger partial charge in [-0.15, -0.1) is 11.3 Å². The lowest BCUT2D eigenvalue weighted by atomic mass is 9.99. The zero-order valence-corrected chi connectivity index (χ0v) is 30.0. The Labute approximate surface area is 306 Å². The Morgan fingerprint density at radius 3 is 2.40 bits per heavy atom. The van der Waals surface area contributed by atoms with Crippen LogP contribution in [0.15, 0.2) is 72.8 Å². The van der Waals surface area contributed by atoms with Crippen molar-refractivity contribution in [3.63, 3.8) is 0 Å². The van der Waals surface area contributed by atoms with Crippen LogP contribution in [0.25, 0.3) is 21.2 Å². The third-order valence-electron chi connectivity index (χ3n) is 9.53. The van der Waals surface area contributed by atoms with E-state index in [0.717, 1.165) is 34.6 Å². The molecule has 0 saturated carbocycles. The Bertz CT molecular complexity index is 2160. The Morgan fingerprint density at radius 1 is 0.981 bits per heavy atom. The minimum Gasteiger partial charge on any atom is -0.369 e. The first-order chi connectivity index (χ1) is 25.0. The summed E-state index contributed by atoms with van der Waals surface area (Å²) in [6, 6.07) is 16.3. The van der Waals surface area contributed by atoms with Crippen LogP contribution < -0.4 is 16.4 Å². The highest BCUT2D eigenvalue weighted by atomic mass is 32.1. The number of nitrogens with one attached hydrogen (secondary N) is 2. The molecule has 1 unspecified atom stereocenters. The van der Waals surface area contributed by atoms with Crippen molar-refractivity contribution in [3.8, 4) is 11.1 Å². The van der Waals surface area contributed by atoms with Gasteiger partial charge >= 0.3 is 13.3 Å². The van der Waals surface area contributed by atoms with Gasteiger partial charge in [-0.2, -0.15) is 8.78 Å². The summed E-state index contributed by atoms with van der Waals surface area (Å²) in [6.45, 7) is 1.41. The number of carbonyl (C=O) groups is 5. The Balaban J connectivity index is 1.25. The van der Waals surface area contributed by atoms with E-state index in [2.05, 4.69) is 10.6 Å². The topological polar surface area (TPSA) is 199 Å². The average molecular weight is 768 g/mol. The van der Waals surface area contributed by atoms with Gasteiger partial charge in [-0.3, -0.25) is 28.5 Å². The second-order valence-corrected chi connectivity index (χ2v) is 15.8. The summed E-state index contributed by atoms with van der Waals surface area (Å²) in [5.74, 6) is -2.76. The van der Waals surface area contributed by atoms with Crippen molar-refractivity contribution in [3.05, 3.63) is 88.8 Å². The highest BCUT2D eigenvalue weighted by Crippen LogP contribution is 2.59. The van der Waals surface area contributed by atoms with Crippen molar-refractivity contribution >= 4 is 64.2 Å². The molecule has 278 valence electrons. The number of alkyl halides is 2. The van der Waals surface area contributed by atoms with Crippen LogP contribution in [0.2, 0.25) is 0 Å². The predicted molar refractivity (Wildman–Crippen MR) is 193 cm³/mol. The lowest BCUT2D eigenvalue weighted by molar-refractivity contribution is -0.143. The quantitative estimate of drug-likeness (QED) is 0.156. The Hall–Kier alpha value is -5.02. The maximum Gasteiger partial charge on any atom is 0.399 e. The van der Waals surface area contributed by atoms with Crippen LogP contribution in [0.3, 0.4) is 0 Å². The number of amides is 5. The maximum atomic E-state index is 14.4. The van der Waals surface area contributed by atoms with Gasteiger partial charge in [0.25, 0.3) is 5.91 Å². The van der Waals surface area contributed by atoms with Gasteiger partial charge in [-0.05, 0) is 71.7 Å². The van der Waals surface area contributed by atoms with Crippen LogP contribution in [0.4, 0.5) is 14.5 Å².